The van der Waals surface area contributed by atoms with Gasteiger partial charge in [0.15, 0.2) is 11.7 Å². The van der Waals surface area contributed by atoms with E-state index in [1.54, 1.807) is 0 Å². The third kappa shape index (κ3) is 7.69. The molecule has 10 rings (SSSR count). The van der Waals surface area contributed by atoms with E-state index in [9.17, 15) is 0 Å². The van der Waals surface area contributed by atoms with Crippen molar-refractivity contribution in [3.63, 3.8) is 0 Å². The van der Waals surface area contributed by atoms with Gasteiger partial charge < -0.3 is 9.13 Å². The molecule has 0 bridgehead atoms. The molecule has 0 saturated heterocycles. The Kier molecular flexibility index (Phi) is 11.1. The zero-order valence-corrected chi connectivity index (χ0v) is 35.5. The van der Waals surface area contributed by atoms with Crippen molar-refractivity contribution in [3.05, 3.63) is 236 Å². The van der Waals surface area contributed by atoms with Gasteiger partial charge in [-0.25, -0.2) is 9.98 Å². The molecule has 0 aliphatic heterocycles. The molecule has 0 N–H and O–H groups in total. The summed E-state index contributed by atoms with van der Waals surface area (Å²) in [6, 6.07) is 62.3. The van der Waals surface area contributed by atoms with Crippen molar-refractivity contribution in [3.8, 4) is 33.6 Å². The Bertz CT molecular complexity index is 3490. The zero-order valence-electron chi connectivity index (χ0n) is 35.5. The fraction of sp³-hybridized carbons (Fsp3) is 0.0345. The second kappa shape index (κ2) is 17.9. The third-order valence-electron chi connectivity index (χ3n) is 11.5. The smallest absolute Gasteiger partial charge is 0.161 e. The van der Waals surface area contributed by atoms with Gasteiger partial charge in [0.1, 0.15) is 0 Å². The lowest BCUT2D eigenvalue weighted by molar-refractivity contribution is 1.18. The first kappa shape index (κ1) is 39.6. The van der Waals surface area contributed by atoms with E-state index >= 15 is 0 Å². The van der Waals surface area contributed by atoms with Crippen LogP contribution in [0, 0.1) is 0 Å². The van der Waals surface area contributed by atoms with Crippen molar-refractivity contribution in [1.29, 1.82) is 0 Å². The fourth-order valence-electron chi connectivity index (χ4n) is 8.57. The number of amidine groups is 2. The minimum atomic E-state index is 0.429. The van der Waals surface area contributed by atoms with Gasteiger partial charge in [0.25, 0.3) is 0 Å². The molecule has 64 heavy (non-hydrogen) atoms. The van der Waals surface area contributed by atoms with Crippen LogP contribution in [0.3, 0.4) is 0 Å². The van der Waals surface area contributed by atoms with Crippen LogP contribution < -0.4 is 0 Å². The normalized spacial score (nSPS) is 12.6. The molecular formula is C58H44N6. The number of pyridine rings is 1. The molecule has 6 heteroatoms. The molecule has 306 valence electrons. The number of allylic oxidation sites excluding steroid dienone is 5. The highest BCUT2D eigenvalue weighted by molar-refractivity contribution is 6.14. The molecule has 0 amide bonds. The molecule has 0 fully saturated rings. The van der Waals surface area contributed by atoms with Gasteiger partial charge in [0.2, 0.25) is 0 Å². The molecule has 0 aliphatic rings. The molecule has 3 heterocycles. The predicted octanol–water partition coefficient (Wildman–Crippen LogP) is 14.2. The third-order valence-corrected chi connectivity index (χ3v) is 11.5. The Morgan fingerprint density at radius 3 is 1.89 bits per heavy atom. The quantitative estimate of drug-likeness (QED) is 0.0770. The Morgan fingerprint density at radius 2 is 1.11 bits per heavy atom. The number of aromatic nitrogens is 3. The molecule has 0 atom stereocenters. The van der Waals surface area contributed by atoms with E-state index in [4.69, 9.17) is 15.0 Å². The monoisotopic (exact) mass is 824 g/mol. The molecular weight excluding hydrogens is 781 g/mol. The minimum absolute atomic E-state index is 0.429. The Hall–Kier alpha value is -8.48. The van der Waals surface area contributed by atoms with Crippen LogP contribution in [-0.2, 0) is 0 Å². The molecule has 7 aromatic carbocycles. The van der Waals surface area contributed by atoms with Gasteiger partial charge in [-0.15, -0.1) is 0 Å². The molecule has 0 unspecified atom stereocenters. The summed E-state index contributed by atoms with van der Waals surface area (Å²) in [4.78, 5) is 18.9. The van der Waals surface area contributed by atoms with Gasteiger partial charge in [-0.3, -0.25) is 9.98 Å². The maximum atomic E-state index is 4.96. The van der Waals surface area contributed by atoms with E-state index in [0.717, 1.165) is 55.8 Å². The van der Waals surface area contributed by atoms with E-state index in [0.29, 0.717) is 18.2 Å². The predicted molar refractivity (Wildman–Crippen MR) is 271 cm³/mol. The van der Waals surface area contributed by atoms with Gasteiger partial charge in [0, 0.05) is 62.0 Å². The van der Waals surface area contributed by atoms with Crippen LogP contribution in [0.15, 0.2) is 240 Å². The number of nitrogens with zero attached hydrogens (tertiary/aromatic N) is 6. The van der Waals surface area contributed by atoms with Crippen LogP contribution in [0.5, 0.6) is 0 Å². The minimum Gasteiger partial charge on any atom is -0.309 e. The van der Waals surface area contributed by atoms with Gasteiger partial charge in [-0.1, -0.05) is 152 Å². The van der Waals surface area contributed by atoms with E-state index in [-0.39, 0.29) is 0 Å². The summed E-state index contributed by atoms with van der Waals surface area (Å²) in [6.07, 6.45) is 15.7. The lowest BCUT2D eigenvalue weighted by Crippen LogP contribution is -2.06. The lowest BCUT2D eigenvalue weighted by atomic mass is 10.0. The van der Waals surface area contributed by atoms with Gasteiger partial charge in [-0.2, -0.15) is 0 Å². The first-order valence-electron chi connectivity index (χ1n) is 21.5. The van der Waals surface area contributed by atoms with Crippen LogP contribution >= 0.6 is 0 Å². The number of rotatable bonds is 10. The molecule has 3 aromatic heterocycles. The summed E-state index contributed by atoms with van der Waals surface area (Å²) in [5.41, 5.74) is 12.8. The van der Waals surface area contributed by atoms with Crippen molar-refractivity contribution >= 4 is 62.0 Å². The van der Waals surface area contributed by atoms with Crippen LogP contribution in [0.4, 0.5) is 0 Å². The van der Waals surface area contributed by atoms with Crippen LogP contribution in [0.2, 0.25) is 0 Å². The first-order chi connectivity index (χ1) is 31.7. The average molecular weight is 825 g/mol. The van der Waals surface area contributed by atoms with Crippen molar-refractivity contribution in [2.45, 2.75) is 6.92 Å². The van der Waals surface area contributed by atoms with Gasteiger partial charge in [0.05, 0.1) is 28.6 Å². The molecule has 0 spiro atoms. The van der Waals surface area contributed by atoms with Crippen LogP contribution in [0.1, 0.15) is 18.1 Å². The summed E-state index contributed by atoms with van der Waals surface area (Å²) >= 11 is 0. The Labute approximate surface area is 372 Å². The van der Waals surface area contributed by atoms with E-state index in [2.05, 4.69) is 166 Å². The van der Waals surface area contributed by atoms with Gasteiger partial charge >= 0.3 is 0 Å². The van der Waals surface area contributed by atoms with Crippen LogP contribution in [0.25, 0.3) is 77.2 Å². The molecule has 10 aromatic rings. The van der Waals surface area contributed by atoms with E-state index in [1.165, 1.54) is 32.6 Å². The number of hydrogen-bond acceptors (Lipinski definition) is 2. The van der Waals surface area contributed by atoms with Crippen LogP contribution in [-0.4, -0.2) is 39.1 Å². The largest absolute Gasteiger partial charge is 0.309 e. The number of aliphatic imine (C=N–C) groups is 3. The SMILES string of the molecule is C=NC(=NC(=NC/C=C/C=C\C=C/C)c1cncc(-c2ccc3c4ccccc4n(-c4cccc(-c5ccc6c(c5)c5ccccc5n6-c5ccccc5)c4)c3c2)c1)c1ccccc1. The molecule has 0 aliphatic carbocycles. The van der Waals surface area contributed by atoms with Gasteiger partial charge in [-0.05, 0) is 91.0 Å². The highest BCUT2D eigenvalue weighted by Crippen LogP contribution is 2.38. The average Bonchev–Trinajstić information content (AvgIpc) is 3.87. The number of fused-ring (bicyclic) bond motifs is 6. The van der Waals surface area contributed by atoms with Crippen molar-refractivity contribution < 1.29 is 0 Å². The Morgan fingerprint density at radius 1 is 0.484 bits per heavy atom. The molecule has 0 radical (unpaired) electrons. The number of hydrogen-bond donors (Lipinski definition) is 0. The number of benzene rings is 7. The lowest BCUT2D eigenvalue weighted by Gasteiger charge is -2.12. The zero-order chi connectivity index (χ0) is 43.2. The summed E-state index contributed by atoms with van der Waals surface area (Å²) in [5, 5.41) is 4.83. The summed E-state index contributed by atoms with van der Waals surface area (Å²) < 4.78 is 4.74. The second-order valence-electron chi connectivity index (χ2n) is 15.5. The molecule has 0 saturated carbocycles. The number of para-hydroxylation sites is 3. The topological polar surface area (TPSA) is 59.8 Å². The second-order valence-corrected chi connectivity index (χ2v) is 15.5. The van der Waals surface area contributed by atoms with Crippen molar-refractivity contribution in [2.75, 3.05) is 6.54 Å². The van der Waals surface area contributed by atoms with E-state index < -0.39 is 0 Å². The Balaban J connectivity index is 1.06. The summed E-state index contributed by atoms with van der Waals surface area (Å²) in [5.74, 6) is 1.02. The van der Waals surface area contributed by atoms with Crippen molar-refractivity contribution in [1.82, 2.24) is 14.1 Å². The van der Waals surface area contributed by atoms with E-state index in [1.807, 2.05) is 86.1 Å². The maximum Gasteiger partial charge on any atom is 0.161 e. The molecule has 6 nitrogen and oxygen atoms in total. The summed E-state index contributed by atoms with van der Waals surface area (Å²) in [6.45, 7) is 6.26. The highest BCUT2D eigenvalue weighted by Gasteiger charge is 2.17. The van der Waals surface area contributed by atoms with Crippen molar-refractivity contribution in [2.24, 2.45) is 15.0 Å². The first-order valence-corrected chi connectivity index (χ1v) is 21.5. The highest BCUT2D eigenvalue weighted by atomic mass is 15.0. The standard InChI is InChI=1S/C58H44N6/c1-3-4-5-6-7-18-34-61-58(62-57(59-2)41-20-10-8-11-21-41)46-35-45(39-60-40-46)44-30-32-51-49-26-14-16-28-53(49)64(56(51)38-44)48-25-19-22-42(36-48)43-31-33-55-52(37-43)50-27-15-17-29-54(50)63(55)47-23-12-9-13-24-47/h3-33,35-40H,2,34H2,1H3/b4-3-,6-5-,18-7+,61-58?,62-57?. The maximum absolute atomic E-state index is 4.96. The summed E-state index contributed by atoms with van der Waals surface area (Å²) in [7, 11) is 0. The fourth-order valence-corrected chi connectivity index (χ4v) is 8.57.